The monoisotopic (exact) mass is 245 g/mol. The Morgan fingerprint density at radius 2 is 1.83 bits per heavy atom. The number of aryl methyl sites for hydroxylation is 2. The number of anilines is 1. The van der Waals surface area contributed by atoms with Gasteiger partial charge in [-0.25, -0.2) is 4.79 Å². The van der Waals surface area contributed by atoms with Gasteiger partial charge >= 0.3 is 5.97 Å². The summed E-state index contributed by atoms with van der Waals surface area (Å²) in [5.41, 5.74) is 7.58. The summed E-state index contributed by atoms with van der Waals surface area (Å²) < 4.78 is 5.18. The highest BCUT2D eigenvalue weighted by Crippen LogP contribution is 2.13. The number of aromatic carboxylic acids is 1. The first-order chi connectivity index (χ1) is 8.65. The van der Waals surface area contributed by atoms with Gasteiger partial charge in [0.1, 0.15) is 5.76 Å². The minimum absolute atomic E-state index is 0.00233. The lowest BCUT2D eigenvalue weighted by atomic mass is 10.1. The van der Waals surface area contributed by atoms with Crippen molar-refractivity contribution in [2.24, 2.45) is 0 Å². The Morgan fingerprint density at radius 1 is 1.11 bits per heavy atom. The van der Waals surface area contributed by atoms with Crippen molar-refractivity contribution >= 4 is 11.7 Å². The summed E-state index contributed by atoms with van der Waals surface area (Å²) in [5, 5.41) is 8.72. The molecular formula is C14H15NO3. The number of nitrogens with two attached hydrogens (primary N) is 1. The van der Waals surface area contributed by atoms with Gasteiger partial charge in [0.15, 0.2) is 0 Å². The molecule has 4 nitrogen and oxygen atoms in total. The number of carboxylic acids is 1. The van der Waals surface area contributed by atoms with Crippen LogP contribution in [0.15, 0.2) is 40.8 Å². The zero-order valence-electron chi connectivity index (χ0n) is 9.93. The molecule has 0 saturated heterocycles. The van der Waals surface area contributed by atoms with Crippen LogP contribution in [0.3, 0.4) is 0 Å². The first-order valence-corrected chi connectivity index (χ1v) is 5.81. The van der Waals surface area contributed by atoms with Crippen LogP contribution in [0.5, 0.6) is 0 Å². The molecule has 4 heteroatoms. The average molecular weight is 245 g/mol. The molecule has 2 rings (SSSR count). The summed E-state index contributed by atoms with van der Waals surface area (Å²) in [4.78, 5) is 10.6. The topological polar surface area (TPSA) is 76.5 Å². The number of hydrogen-bond acceptors (Lipinski definition) is 3. The minimum atomic E-state index is -1.03. The molecule has 0 atom stereocenters. The Hall–Kier alpha value is -2.23. The fourth-order valence-corrected chi connectivity index (χ4v) is 1.78. The van der Waals surface area contributed by atoms with Gasteiger partial charge in [0.05, 0.1) is 0 Å². The van der Waals surface area contributed by atoms with Crippen molar-refractivity contribution in [2.45, 2.75) is 19.3 Å². The van der Waals surface area contributed by atoms with Gasteiger partial charge in [0.2, 0.25) is 5.76 Å². The van der Waals surface area contributed by atoms with Crippen LogP contribution in [0.2, 0.25) is 0 Å². The van der Waals surface area contributed by atoms with Crippen LogP contribution in [-0.4, -0.2) is 11.1 Å². The van der Waals surface area contributed by atoms with Gasteiger partial charge in [0, 0.05) is 12.1 Å². The van der Waals surface area contributed by atoms with E-state index in [1.165, 1.54) is 11.6 Å². The number of carboxylic acid groups (broad SMARTS) is 1. The van der Waals surface area contributed by atoms with E-state index in [4.69, 9.17) is 15.3 Å². The number of nitrogen functional groups attached to an aromatic ring is 1. The lowest BCUT2D eigenvalue weighted by molar-refractivity contribution is 0.0660. The molecule has 0 saturated carbocycles. The highest BCUT2D eigenvalue weighted by molar-refractivity contribution is 5.84. The Balaban J connectivity index is 1.84. The third-order valence-corrected chi connectivity index (χ3v) is 2.74. The summed E-state index contributed by atoms with van der Waals surface area (Å²) in [6, 6.07) is 11.0. The Kier molecular flexibility index (Phi) is 3.67. The van der Waals surface area contributed by atoms with Gasteiger partial charge in [-0.3, -0.25) is 0 Å². The van der Waals surface area contributed by atoms with Crippen molar-refractivity contribution in [3.05, 3.63) is 53.5 Å². The Bertz CT molecular complexity index is 528. The second-order valence-corrected chi connectivity index (χ2v) is 4.17. The molecule has 1 heterocycles. The minimum Gasteiger partial charge on any atom is -0.475 e. The number of benzene rings is 1. The molecule has 1 aromatic heterocycles. The predicted molar refractivity (Wildman–Crippen MR) is 68.5 cm³/mol. The van der Waals surface area contributed by atoms with E-state index in [-0.39, 0.29) is 5.76 Å². The molecule has 0 unspecified atom stereocenters. The fourth-order valence-electron chi connectivity index (χ4n) is 1.78. The van der Waals surface area contributed by atoms with Crippen LogP contribution in [0.1, 0.15) is 28.3 Å². The fraction of sp³-hybridized carbons (Fsp3) is 0.214. The Labute approximate surface area is 105 Å². The molecule has 0 aliphatic carbocycles. The summed E-state index contributed by atoms with van der Waals surface area (Å²) in [5.74, 6) is -0.319. The van der Waals surface area contributed by atoms with Crippen LogP contribution >= 0.6 is 0 Å². The van der Waals surface area contributed by atoms with Crippen molar-refractivity contribution < 1.29 is 14.3 Å². The van der Waals surface area contributed by atoms with Gasteiger partial charge in [-0.2, -0.15) is 0 Å². The maximum atomic E-state index is 10.6. The smallest absolute Gasteiger partial charge is 0.371 e. The first kappa shape index (κ1) is 12.2. The van der Waals surface area contributed by atoms with Crippen LogP contribution < -0.4 is 5.73 Å². The molecule has 2 aromatic rings. The maximum absolute atomic E-state index is 10.6. The van der Waals surface area contributed by atoms with Crippen LogP contribution in [0.25, 0.3) is 0 Å². The van der Waals surface area contributed by atoms with E-state index in [2.05, 4.69) is 0 Å². The summed E-state index contributed by atoms with van der Waals surface area (Å²) in [6.07, 6.45) is 2.57. The van der Waals surface area contributed by atoms with Gasteiger partial charge in [-0.1, -0.05) is 12.1 Å². The zero-order valence-corrected chi connectivity index (χ0v) is 9.93. The third-order valence-electron chi connectivity index (χ3n) is 2.74. The molecule has 0 fully saturated rings. The van der Waals surface area contributed by atoms with Crippen LogP contribution in [0.4, 0.5) is 5.69 Å². The Morgan fingerprint density at radius 3 is 2.44 bits per heavy atom. The second-order valence-electron chi connectivity index (χ2n) is 4.17. The SMILES string of the molecule is Nc1ccc(CCCc2ccc(C(=O)O)o2)cc1. The van der Waals surface area contributed by atoms with Gasteiger partial charge < -0.3 is 15.3 Å². The molecule has 0 radical (unpaired) electrons. The highest BCUT2D eigenvalue weighted by atomic mass is 16.4. The summed E-state index contributed by atoms with van der Waals surface area (Å²) in [6.45, 7) is 0. The van der Waals surface area contributed by atoms with E-state index in [0.29, 0.717) is 5.76 Å². The molecular weight excluding hydrogens is 230 g/mol. The molecule has 0 bridgehead atoms. The number of furan rings is 1. The molecule has 0 amide bonds. The standard InChI is InChI=1S/C14H15NO3/c15-11-6-4-10(5-7-11)2-1-3-12-8-9-13(18-12)14(16)17/h4-9H,1-3,15H2,(H,16,17). The van der Waals surface area contributed by atoms with E-state index >= 15 is 0 Å². The maximum Gasteiger partial charge on any atom is 0.371 e. The van der Waals surface area contributed by atoms with E-state index in [1.54, 1.807) is 6.07 Å². The van der Waals surface area contributed by atoms with Crippen LogP contribution in [0, 0.1) is 0 Å². The largest absolute Gasteiger partial charge is 0.475 e. The van der Waals surface area contributed by atoms with Crippen molar-refractivity contribution in [1.29, 1.82) is 0 Å². The average Bonchev–Trinajstić information content (AvgIpc) is 2.81. The normalized spacial score (nSPS) is 10.4. The van der Waals surface area contributed by atoms with E-state index < -0.39 is 5.97 Å². The van der Waals surface area contributed by atoms with Gasteiger partial charge in [-0.15, -0.1) is 0 Å². The lowest BCUT2D eigenvalue weighted by Crippen LogP contribution is -1.92. The third kappa shape index (κ3) is 3.13. The molecule has 94 valence electrons. The summed E-state index contributed by atoms with van der Waals surface area (Å²) in [7, 11) is 0. The van der Waals surface area contributed by atoms with Crippen LogP contribution in [-0.2, 0) is 12.8 Å². The quantitative estimate of drug-likeness (QED) is 0.794. The number of hydrogen-bond donors (Lipinski definition) is 2. The molecule has 1 aromatic carbocycles. The van der Waals surface area contributed by atoms with Gasteiger partial charge in [0.25, 0.3) is 0 Å². The second kappa shape index (κ2) is 5.40. The molecule has 0 aliphatic rings. The first-order valence-electron chi connectivity index (χ1n) is 5.81. The van der Waals surface area contributed by atoms with Crippen molar-refractivity contribution in [3.8, 4) is 0 Å². The van der Waals surface area contributed by atoms with Crippen molar-refractivity contribution in [3.63, 3.8) is 0 Å². The van der Waals surface area contributed by atoms with Crippen molar-refractivity contribution in [2.75, 3.05) is 5.73 Å². The number of rotatable bonds is 5. The molecule has 0 aliphatic heterocycles. The highest BCUT2D eigenvalue weighted by Gasteiger charge is 2.08. The van der Waals surface area contributed by atoms with Gasteiger partial charge in [-0.05, 0) is 42.7 Å². The predicted octanol–water partition coefficient (Wildman–Crippen LogP) is 2.74. The van der Waals surface area contributed by atoms with E-state index in [1.807, 2.05) is 24.3 Å². The van der Waals surface area contributed by atoms with E-state index in [0.717, 1.165) is 24.9 Å². The molecule has 0 spiro atoms. The van der Waals surface area contributed by atoms with E-state index in [9.17, 15) is 4.79 Å². The van der Waals surface area contributed by atoms with Crippen molar-refractivity contribution in [1.82, 2.24) is 0 Å². The number of carbonyl (C=O) groups is 1. The molecule has 3 N–H and O–H groups in total. The summed E-state index contributed by atoms with van der Waals surface area (Å²) >= 11 is 0. The lowest BCUT2D eigenvalue weighted by Gasteiger charge is -2.01. The zero-order chi connectivity index (χ0) is 13.0. The molecule has 18 heavy (non-hydrogen) atoms.